The zero-order valence-corrected chi connectivity index (χ0v) is 29.5. The maximum Gasteiger partial charge on any atom is 0.262 e. The fraction of sp³-hybridized carbons (Fsp3) is 0.316. The summed E-state index contributed by atoms with van der Waals surface area (Å²) < 4.78 is 12.5. The van der Waals surface area contributed by atoms with Gasteiger partial charge in [0.15, 0.2) is 0 Å². The van der Waals surface area contributed by atoms with Gasteiger partial charge in [-0.3, -0.25) is 14.0 Å². The molecule has 0 spiro atoms. The summed E-state index contributed by atoms with van der Waals surface area (Å²) >= 11 is 14.2. The lowest BCUT2D eigenvalue weighted by atomic mass is 9.97. The molecule has 1 amide bonds. The molecule has 2 fully saturated rings. The van der Waals surface area contributed by atoms with Crippen molar-refractivity contribution in [3.8, 4) is 39.4 Å². The topological polar surface area (TPSA) is 139 Å². The quantitative estimate of drug-likeness (QED) is 0.148. The van der Waals surface area contributed by atoms with Gasteiger partial charge in [0.1, 0.15) is 5.65 Å². The number of aliphatic hydroxyl groups excluding tert-OH is 1. The van der Waals surface area contributed by atoms with Crippen LogP contribution in [0.15, 0.2) is 77.9 Å². The number of aromatic nitrogens is 3. The summed E-state index contributed by atoms with van der Waals surface area (Å²) in [7, 11) is 1.58. The van der Waals surface area contributed by atoms with Gasteiger partial charge in [0.2, 0.25) is 11.8 Å². The predicted molar refractivity (Wildman–Crippen MR) is 197 cm³/mol. The average Bonchev–Trinajstić information content (AvgIpc) is 3.57. The van der Waals surface area contributed by atoms with Crippen LogP contribution in [0.4, 0.5) is 0 Å². The molecule has 264 valence electrons. The maximum atomic E-state index is 13.3. The van der Waals surface area contributed by atoms with E-state index >= 15 is 0 Å². The van der Waals surface area contributed by atoms with Gasteiger partial charge in [-0.15, -0.1) is 0 Å². The van der Waals surface area contributed by atoms with Gasteiger partial charge in [0.25, 0.3) is 5.56 Å². The number of aliphatic hydroxyl groups is 1. The van der Waals surface area contributed by atoms with Crippen LogP contribution in [0.25, 0.3) is 39.2 Å². The highest BCUT2D eigenvalue weighted by Crippen LogP contribution is 2.42. The number of hydrogen-bond donors (Lipinski definition) is 4. The Morgan fingerprint density at radius 2 is 1.75 bits per heavy atom. The van der Waals surface area contributed by atoms with Gasteiger partial charge in [-0.05, 0) is 36.6 Å². The van der Waals surface area contributed by atoms with Crippen LogP contribution >= 0.6 is 23.2 Å². The van der Waals surface area contributed by atoms with Crippen LogP contribution in [0.3, 0.4) is 0 Å². The van der Waals surface area contributed by atoms with Gasteiger partial charge >= 0.3 is 0 Å². The molecule has 4 N–H and O–H groups in total. The fourth-order valence-corrected chi connectivity index (χ4v) is 7.31. The Hall–Kier alpha value is -4.36. The summed E-state index contributed by atoms with van der Waals surface area (Å²) in [6.07, 6.45) is 4.78. The Morgan fingerprint density at radius 3 is 2.49 bits per heavy atom. The summed E-state index contributed by atoms with van der Waals surface area (Å²) in [5.41, 5.74) is 6.15. The maximum absolute atomic E-state index is 13.3. The first kappa shape index (κ1) is 35.1. The Bertz CT molecular complexity index is 2140. The van der Waals surface area contributed by atoms with E-state index in [0.29, 0.717) is 72.1 Å². The molecule has 2 saturated heterocycles. The van der Waals surface area contributed by atoms with Gasteiger partial charge in [0.05, 0.1) is 35.6 Å². The number of ether oxygens (including phenoxy) is 2. The second-order valence-corrected chi connectivity index (χ2v) is 13.5. The average molecular weight is 730 g/mol. The first-order chi connectivity index (χ1) is 24.8. The molecule has 51 heavy (non-hydrogen) atoms. The largest absolute Gasteiger partial charge is 0.481 e. The minimum absolute atomic E-state index is 0.0604. The standard InChI is InChI=1S/C38H38Cl2N6O5/c1-50-37-23(18-42-31-13-15-51-21-32(31)47)8-10-30(45-37)29-7-3-6-28(36(29)40)27-5-2-4-26(35(27)39)22-12-14-46-33(16-22)43-19-24(38(46)49)17-41-20-25-9-11-34(48)44-25/h2-8,10,12,14,16,19,25,31-32,41-42,47H,9,11,13,15,17-18,20-21H2,1H3,(H,44,48)/t25-,31-,32+/m0/s1. The molecule has 3 aromatic heterocycles. The van der Waals surface area contributed by atoms with E-state index < -0.39 is 6.10 Å². The van der Waals surface area contributed by atoms with Crippen molar-refractivity contribution >= 4 is 34.8 Å². The number of methoxy groups -OCH3 is 1. The van der Waals surface area contributed by atoms with E-state index in [4.69, 9.17) is 37.7 Å². The van der Waals surface area contributed by atoms with Gasteiger partial charge < -0.3 is 30.5 Å². The van der Waals surface area contributed by atoms with E-state index in [-0.39, 0.29) is 23.6 Å². The second-order valence-electron chi connectivity index (χ2n) is 12.8. The molecule has 7 rings (SSSR count). The van der Waals surface area contributed by atoms with Crippen molar-refractivity contribution in [1.82, 2.24) is 30.3 Å². The molecular formula is C38H38Cl2N6O5. The highest BCUT2D eigenvalue weighted by atomic mass is 35.5. The Balaban J connectivity index is 1.12. The van der Waals surface area contributed by atoms with Crippen LogP contribution in [-0.2, 0) is 22.6 Å². The van der Waals surface area contributed by atoms with E-state index in [2.05, 4.69) is 20.9 Å². The first-order valence-corrected chi connectivity index (χ1v) is 17.7. The third kappa shape index (κ3) is 7.50. The van der Waals surface area contributed by atoms with Crippen LogP contribution in [0, 0.1) is 0 Å². The van der Waals surface area contributed by atoms with Crippen LogP contribution in [0.1, 0.15) is 30.4 Å². The molecule has 2 aliphatic heterocycles. The third-order valence-electron chi connectivity index (χ3n) is 9.46. The molecule has 3 atom stereocenters. The number of hydrogen-bond acceptors (Lipinski definition) is 9. The number of amides is 1. The van der Waals surface area contributed by atoms with Crippen molar-refractivity contribution in [1.29, 1.82) is 0 Å². The van der Waals surface area contributed by atoms with Crippen molar-refractivity contribution in [3.05, 3.63) is 105 Å². The molecule has 5 heterocycles. The molecular weight excluding hydrogens is 691 g/mol. The van der Waals surface area contributed by atoms with E-state index in [1.54, 1.807) is 19.5 Å². The second kappa shape index (κ2) is 15.5. The van der Waals surface area contributed by atoms with Crippen molar-refractivity contribution < 1.29 is 19.4 Å². The molecule has 0 unspecified atom stereocenters. The lowest BCUT2D eigenvalue weighted by Crippen LogP contribution is -2.46. The molecule has 0 bridgehead atoms. The monoisotopic (exact) mass is 728 g/mol. The summed E-state index contributed by atoms with van der Waals surface area (Å²) in [4.78, 5) is 34.1. The molecule has 11 nitrogen and oxygen atoms in total. The van der Waals surface area contributed by atoms with E-state index in [0.717, 1.165) is 46.2 Å². The molecule has 5 aromatic rings. The SMILES string of the molecule is COc1nc(-c2cccc(-c3cccc(-c4ccn5c(=O)c(CNC[C@@H]6CCC(=O)N6)cnc5c4)c3Cl)c2Cl)ccc1CN[C@H]1CCOC[C@H]1O. The number of carbonyl (C=O) groups is 1. The number of nitrogens with one attached hydrogen (secondary N) is 3. The lowest BCUT2D eigenvalue weighted by molar-refractivity contribution is -0.119. The number of nitrogens with zero attached hydrogens (tertiary/aromatic N) is 3. The lowest BCUT2D eigenvalue weighted by Gasteiger charge is -2.28. The number of pyridine rings is 2. The van der Waals surface area contributed by atoms with E-state index in [1.807, 2.05) is 60.7 Å². The number of rotatable bonds is 11. The zero-order valence-electron chi connectivity index (χ0n) is 28.0. The van der Waals surface area contributed by atoms with E-state index in [9.17, 15) is 14.7 Å². The first-order valence-electron chi connectivity index (χ1n) is 16.9. The van der Waals surface area contributed by atoms with Crippen molar-refractivity contribution in [2.24, 2.45) is 0 Å². The van der Waals surface area contributed by atoms with Crippen LogP contribution in [0.5, 0.6) is 5.88 Å². The van der Waals surface area contributed by atoms with Crippen LogP contribution in [0.2, 0.25) is 10.0 Å². The smallest absolute Gasteiger partial charge is 0.262 e. The Morgan fingerprint density at radius 1 is 0.980 bits per heavy atom. The molecule has 2 aliphatic rings. The predicted octanol–water partition coefficient (Wildman–Crippen LogP) is 5.01. The van der Waals surface area contributed by atoms with Gasteiger partial charge in [0, 0.05) is 90.5 Å². The third-order valence-corrected chi connectivity index (χ3v) is 10.3. The van der Waals surface area contributed by atoms with E-state index in [1.165, 1.54) is 4.40 Å². The number of carbonyl (C=O) groups excluding carboxylic acids is 1. The van der Waals surface area contributed by atoms with Crippen LogP contribution in [-0.4, -0.2) is 70.4 Å². The molecule has 0 aliphatic carbocycles. The minimum atomic E-state index is -0.563. The van der Waals surface area contributed by atoms with Crippen LogP contribution < -0.4 is 26.2 Å². The number of fused-ring (bicyclic) bond motifs is 1. The van der Waals surface area contributed by atoms with Gasteiger partial charge in [-0.2, -0.15) is 0 Å². The highest BCUT2D eigenvalue weighted by Gasteiger charge is 2.24. The van der Waals surface area contributed by atoms with Gasteiger partial charge in [-0.25, -0.2) is 9.97 Å². The molecule has 2 aromatic carbocycles. The number of halogens is 2. The van der Waals surface area contributed by atoms with Crippen molar-refractivity contribution in [2.75, 3.05) is 26.9 Å². The normalized spacial score (nSPS) is 19.0. The van der Waals surface area contributed by atoms with Gasteiger partial charge in [-0.1, -0.05) is 65.7 Å². The molecule has 0 radical (unpaired) electrons. The fourth-order valence-electron chi connectivity index (χ4n) is 6.65. The summed E-state index contributed by atoms with van der Waals surface area (Å²) in [6.45, 7) is 2.34. The Kier molecular flexibility index (Phi) is 10.6. The van der Waals surface area contributed by atoms with Crippen molar-refractivity contribution in [3.63, 3.8) is 0 Å². The highest BCUT2D eigenvalue weighted by molar-refractivity contribution is 6.39. The summed E-state index contributed by atoms with van der Waals surface area (Å²) in [5.74, 6) is 0.528. The summed E-state index contributed by atoms with van der Waals surface area (Å²) in [6, 6.07) is 19.1. The zero-order chi connectivity index (χ0) is 35.5. The van der Waals surface area contributed by atoms with Crippen molar-refractivity contribution in [2.45, 2.75) is 50.5 Å². The molecule has 13 heteroatoms. The Labute approximate surface area is 305 Å². The molecule has 0 saturated carbocycles. The number of benzene rings is 2. The summed E-state index contributed by atoms with van der Waals surface area (Å²) in [5, 5.41) is 20.8. The minimum Gasteiger partial charge on any atom is -0.481 e.